The maximum atomic E-state index is 12.8. The highest BCUT2D eigenvalue weighted by molar-refractivity contribution is 7.09. The molecule has 118 valence electrons. The Hall–Kier alpha value is -1.73. The van der Waals surface area contributed by atoms with Crippen LogP contribution in [0.4, 0.5) is 0 Å². The van der Waals surface area contributed by atoms with Crippen molar-refractivity contribution in [3.05, 3.63) is 34.0 Å². The fraction of sp³-hybridized carbons (Fsp3) is 0.533. The Balaban J connectivity index is 1.78. The first-order valence-electron chi connectivity index (χ1n) is 7.51. The van der Waals surface area contributed by atoms with E-state index in [-0.39, 0.29) is 5.91 Å². The quantitative estimate of drug-likeness (QED) is 0.906. The number of aromatic nitrogens is 3. The average Bonchev–Trinajstić information content (AvgIpc) is 3.22. The Morgan fingerprint density at radius 1 is 1.59 bits per heavy atom. The van der Waals surface area contributed by atoms with Gasteiger partial charge in [0, 0.05) is 24.7 Å². The third-order valence-electron chi connectivity index (χ3n) is 4.06. The van der Waals surface area contributed by atoms with E-state index in [1.807, 2.05) is 24.4 Å². The molecule has 1 amide bonds. The van der Waals surface area contributed by atoms with Gasteiger partial charge in [0.15, 0.2) is 0 Å². The van der Waals surface area contributed by atoms with Gasteiger partial charge in [-0.15, -0.1) is 11.3 Å². The Labute approximate surface area is 134 Å². The van der Waals surface area contributed by atoms with Crippen LogP contribution in [0.5, 0.6) is 0 Å². The molecule has 2 aromatic rings. The summed E-state index contributed by atoms with van der Waals surface area (Å²) >= 11 is 1.61. The van der Waals surface area contributed by atoms with E-state index in [1.165, 1.54) is 0 Å². The monoisotopic (exact) mass is 319 g/mol. The first-order valence-corrected chi connectivity index (χ1v) is 8.39. The number of rotatable bonds is 5. The molecule has 0 saturated carbocycles. The number of aryl methyl sites for hydroxylation is 2. The fourth-order valence-electron chi connectivity index (χ4n) is 2.77. The number of hydrogen-bond donors (Lipinski definition) is 1. The normalized spacial score (nSPS) is 17.8. The minimum absolute atomic E-state index is 0.0489. The standard InChI is InChI=1S/C15H21N5OS/c1-11-14(22-10-17-11)9-20(7-12-3-4-16-5-12)15(21)13-6-18-19(2)8-13/h6,8,10,12,16H,3-5,7,9H2,1-2H3/t12-/m1/s1. The molecule has 2 aromatic heterocycles. The van der Waals surface area contributed by atoms with Crippen LogP contribution in [-0.2, 0) is 13.6 Å². The van der Waals surface area contributed by atoms with Gasteiger partial charge in [-0.1, -0.05) is 0 Å². The van der Waals surface area contributed by atoms with E-state index in [0.717, 1.165) is 36.6 Å². The van der Waals surface area contributed by atoms with Gasteiger partial charge in [0.2, 0.25) is 0 Å². The lowest BCUT2D eigenvalue weighted by molar-refractivity contribution is 0.0720. The van der Waals surface area contributed by atoms with Gasteiger partial charge in [-0.2, -0.15) is 5.10 Å². The number of amides is 1. The fourth-order valence-corrected chi connectivity index (χ4v) is 3.56. The third kappa shape index (κ3) is 3.36. The number of thiazole rings is 1. The smallest absolute Gasteiger partial charge is 0.257 e. The average molecular weight is 319 g/mol. The highest BCUT2D eigenvalue weighted by Crippen LogP contribution is 2.19. The molecule has 1 N–H and O–H groups in total. The van der Waals surface area contributed by atoms with Gasteiger partial charge in [0.05, 0.1) is 29.5 Å². The Kier molecular flexibility index (Phi) is 4.54. The van der Waals surface area contributed by atoms with Crippen molar-refractivity contribution in [3.63, 3.8) is 0 Å². The van der Waals surface area contributed by atoms with Crippen molar-refractivity contribution < 1.29 is 4.79 Å². The zero-order valence-corrected chi connectivity index (χ0v) is 13.8. The van der Waals surface area contributed by atoms with Crippen LogP contribution in [0.1, 0.15) is 27.3 Å². The summed E-state index contributed by atoms with van der Waals surface area (Å²) in [7, 11) is 1.83. The van der Waals surface area contributed by atoms with Crippen LogP contribution in [0.2, 0.25) is 0 Å². The first kappa shape index (κ1) is 15.2. The first-order chi connectivity index (χ1) is 10.6. The van der Waals surface area contributed by atoms with Gasteiger partial charge in [0.25, 0.3) is 5.91 Å². The summed E-state index contributed by atoms with van der Waals surface area (Å²) in [4.78, 5) is 20.2. The van der Waals surface area contributed by atoms with Gasteiger partial charge in [-0.3, -0.25) is 9.48 Å². The molecule has 7 heteroatoms. The third-order valence-corrected chi connectivity index (χ3v) is 4.98. The Morgan fingerprint density at radius 2 is 2.45 bits per heavy atom. The van der Waals surface area contributed by atoms with Crippen molar-refractivity contribution in [1.82, 2.24) is 25.0 Å². The van der Waals surface area contributed by atoms with Crippen molar-refractivity contribution in [1.29, 1.82) is 0 Å². The molecular weight excluding hydrogens is 298 g/mol. The summed E-state index contributed by atoms with van der Waals surface area (Å²) in [5.41, 5.74) is 3.50. The van der Waals surface area contributed by atoms with Crippen LogP contribution in [0.3, 0.4) is 0 Å². The van der Waals surface area contributed by atoms with E-state index in [4.69, 9.17) is 0 Å². The van der Waals surface area contributed by atoms with E-state index in [2.05, 4.69) is 15.4 Å². The lowest BCUT2D eigenvalue weighted by Crippen LogP contribution is -2.35. The van der Waals surface area contributed by atoms with Crippen molar-refractivity contribution in [3.8, 4) is 0 Å². The van der Waals surface area contributed by atoms with Crippen LogP contribution in [0, 0.1) is 12.8 Å². The van der Waals surface area contributed by atoms with Crippen LogP contribution in [0.15, 0.2) is 17.9 Å². The van der Waals surface area contributed by atoms with Crippen molar-refractivity contribution >= 4 is 17.2 Å². The maximum absolute atomic E-state index is 12.8. The Morgan fingerprint density at radius 3 is 3.05 bits per heavy atom. The van der Waals surface area contributed by atoms with E-state index < -0.39 is 0 Å². The van der Waals surface area contributed by atoms with E-state index >= 15 is 0 Å². The number of carbonyl (C=O) groups is 1. The second-order valence-electron chi connectivity index (χ2n) is 5.81. The van der Waals surface area contributed by atoms with E-state index in [9.17, 15) is 4.79 Å². The molecule has 22 heavy (non-hydrogen) atoms. The van der Waals surface area contributed by atoms with Crippen molar-refractivity contribution in [2.75, 3.05) is 19.6 Å². The van der Waals surface area contributed by atoms with Crippen LogP contribution < -0.4 is 5.32 Å². The molecule has 0 aliphatic carbocycles. The lowest BCUT2D eigenvalue weighted by atomic mass is 10.1. The molecule has 0 spiro atoms. The van der Waals surface area contributed by atoms with Gasteiger partial charge in [-0.05, 0) is 32.4 Å². The summed E-state index contributed by atoms with van der Waals surface area (Å²) in [6.07, 6.45) is 4.54. The summed E-state index contributed by atoms with van der Waals surface area (Å²) < 4.78 is 1.67. The van der Waals surface area contributed by atoms with E-state index in [0.29, 0.717) is 18.0 Å². The minimum atomic E-state index is 0.0489. The predicted octanol–water partition coefficient (Wildman–Crippen LogP) is 1.44. The molecule has 3 rings (SSSR count). The zero-order chi connectivity index (χ0) is 15.5. The SMILES string of the molecule is Cc1ncsc1CN(C[C@@H]1CCNC1)C(=O)c1cnn(C)c1. The molecule has 1 fully saturated rings. The maximum Gasteiger partial charge on any atom is 0.257 e. The van der Waals surface area contributed by atoms with Crippen LogP contribution >= 0.6 is 11.3 Å². The highest BCUT2D eigenvalue weighted by Gasteiger charge is 2.24. The molecule has 3 heterocycles. The predicted molar refractivity (Wildman–Crippen MR) is 85.8 cm³/mol. The summed E-state index contributed by atoms with van der Waals surface area (Å²) in [5, 5.41) is 7.48. The molecule has 6 nitrogen and oxygen atoms in total. The number of nitrogens with zero attached hydrogens (tertiary/aromatic N) is 4. The van der Waals surface area contributed by atoms with Crippen LogP contribution in [-0.4, -0.2) is 45.2 Å². The highest BCUT2D eigenvalue weighted by atomic mass is 32.1. The lowest BCUT2D eigenvalue weighted by Gasteiger charge is -2.24. The molecule has 1 atom stereocenters. The molecule has 1 aliphatic heterocycles. The summed E-state index contributed by atoms with van der Waals surface area (Å²) in [6, 6.07) is 0. The summed E-state index contributed by atoms with van der Waals surface area (Å²) in [6.45, 7) is 5.42. The van der Waals surface area contributed by atoms with Gasteiger partial charge >= 0.3 is 0 Å². The van der Waals surface area contributed by atoms with Gasteiger partial charge in [-0.25, -0.2) is 4.98 Å². The number of nitrogens with one attached hydrogen (secondary N) is 1. The zero-order valence-electron chi connectivity index (χ0n) is 13.0. The van der Waals surface area contributed by atoms with E-state index in [1.54, 1.807) is 28.4 Å². The second-order valence-corrected chi connectivity index (χ2v) is 6.75. The largest absolute Gasteiger partial charge is 0.333 e. The van der Waals surface area contributed by atoms with Crippen molar-refractivity contribution in [2.24, 2.45) is 13.0 Å². The van der Waals surface area contributed by atoms with Gasteiger partial charge in [0.1, 0.15) is 0 Å². The molecule has 0 aromatic carbocycles. The van der Waals surface area contributed by atoms with Crippen LogP contribution in [0.25, 0.3) is 0 Å². The Bertz CT molecular complexity index is 644. The summed E-state index contributed by atoms with van der Waals surface area (Å²) in [5.74, 6) is 0.571. The number of hydrogen-bond acceptors (Lipinski definition) is 5. The minimum Gasteiger partial charge on any atom is -0.333 e. The molecule has 0 radical (unpaired) electrons. The number of carbonyl (C=O) groups excluding carboxylic acids is 1. The second kappa shape index (κ2) is 6.58. The molecule has 0 unspecified atom stereocenters. The molecular formula is C15H21N5OS. The van der Waals surface area contributed by atoms with Crippen molar-refractivity contribution in [2.45, 2.75) is 19.9 Å². The topological polar surface area (TPSA) is 63.1 Å². The molecule has 1 aliphatic rings. The molecule has 0 bridgehead atoms. The van der Waals surface area contributed by atoms with Gasteiger partial charge < -0.3 is 10.2 Å². The molecule has 1 saturated heterocycles.